The summed E-state index contributed by atoms with van der Waals surface area (Å²) in [6, 6.07) is 6.13. The summed E-state index contributed by atoms with van der Waals surface area (Å²) in [5, 5.41) is 43.3. The second kappa shape index (κ2) is 8.86. The van der Waals surface area contributed by atoms with Crippen LogP contribution in [0.1, 0.15) is 41.9 Å². The summed E-state index contributed by atoms with van der Waals surface area (Å²) < 4.78 is 38.8. The number of hydrogen-bond donors (Lipinski definition) is 5. The Morgan fingerprint density at radius 3 is 2.41 bits per heavy atom. The predicted octanol–water partition coefficient (Wildman–Crippen LogP) is 3.47. The van der Waals surface area contributed by atoms with Gasteiger partial charge in [0.1, 0.15) is 21.9 Å². The second-order valence-electron chi connectivity index (χ2n) is 8.51. The van der Waals surface area contributed by atoms with Crippen molar-refractivity contribution in [2.24, 2.45) is 0 Å². The lowest BCUT2D eigenvalue weighted by atomic mass is 9.76. The van der Waals surface area contributed by atoms with Crippen molar-refractivity contribution in [1.82, 2.24) is 15.0 Å². The van der Waals surface area contributed by atoms with Crippen LogP contribution in [-0.2, 0) is 11.8 Å². The van der Waals surface area contributed by atoms with Crippen molar-refractivity contribution in [2.45, 2.75) is 56.3 Å². The molecule has 12 heteroatoms. The first kappa shape index (κ1) is 24.5. The van der Waals surface area contributed by atoms with E-state index < -0.39 is 29.4 Å². The molecule has 0 atom stereocenters. The molecular weight excluding hydrogens is 473 g/mol. The van der Waals surface area contributed by atoms with E-state index in [1.54, 1.807) is 18.3 Å². The van der Waals surface area contributed by atoms with Gasteiger partial charge in [-0.1, -0.05) is 6.07 Å². The standard InChI is InChI=1S/C22H23F3N4O4S/c1-12-8-13(10-14(9-12)28-19-26-7-2-16(29-19)22(23,24)25)15-11-27-17(34-15)20(32)3-5-21(33,6-4-20)18(30)31/h2,7-11,18,30-33H,3-6H2,1H3,(H,26,28,29). The number of nitrogens with one attached hydrogen (secondary N) is 1. The highest BCUT2D eigenvalue weighted by Gasteiger charge is 2.46. The topological polar surface area (TPSA) is 132 Å². The fourth-order valence-corrected chi connectivity index (χ4v) is 4.94. The molecule has 1 fully saturated rings. The van der Waals surface area contributed by atoms with Gasteiger partial charge in [-0.05, 0) is 61.9 Å². The summed E-state index contributed by atoms with van der Waals surface area (Å²) in [5.41, 5.74) is -1.95. The third-order valence-corrected chi connectivity index (χ3v) is 7.13. The molecule has 8 nitrogen and oxygen atoms in total. The minimum absolute atomic E-state index is 0.00554. The van der Waals surface area contributed by atoms with Gasteiger partial charge in [0, 0.05) is 18.1 Å². The number of aliphatic hydroxyl groups excluding tert-OH is 1. The number of halogens is 3. The smallest absolute Gasteiger partial charge is 0.385 e. The normalized spacial score (nSPS) is 23.3. The van der Waals surface area contributed by atoms with Crippen LogP contribution in [0, 0.1) is 6.92 Å². The zero-order valence-corrected chi connectivity index (χ0v) is 18.9. The Hall–Kier alpha value is -2.64. The van der Waals surface area contributed by atoms with E-state index in [-0.39, 0.29) is 31.6 Å². The van der Waals surface area contributed by atoms with Crippen molar-refractivity contribution in [1.29, 1.82) is 0 Å². The Labute approximate surface area is 196 Å². The van der Waals surface area contributed by atoms with Crippen LogP contribution < -0.4 is 5.32 Å². The van der Waals surface area contributed by atoms with Crippen LogP contribution in [0.15, 0.2) is 36.7 Å². The molecule has 5 N–H and O–H groups in total. The van der Waals surface area contributed by atoms with Crippen molar-refractivity contribution in [3.63, 3.8) is 0 Å². The molecule has 2 aromatic heterocycles. The summed E-state index contributed by atoms with van der Waals surface area (Å²) in [6.45, 7) is 1.83. The zero-order valence-electron chi connectivity index (χ0n) is 18.0. The van der Waals surface area contributed by atoms with E-state index in [2.05, 4.69) is 20.3 Å². The van der Waals surface area contributed by atoms with Crippen LogP contribution in [0.4, 0.5) is 24.8 Å². The molecule has 0 bridgehead atoms. The molecule has 182 valence electrons. The van der Waals surface area contributed by atoms with Crippen LogP contribution in [0.3, 0.4) is 0 Å². The number of alkyl halides is 3. The number of hydrogen-bond acceptors (Lipinski definition) is 9. The van der Waals surface area contributed by atoms with Crippen molar-refractivity contribution in [2.75, 3.05) is 5.32 Å². The molecule has 1 saturated carbocycles. The fourth-order valence-electron chi connectivity index (χ4n) is 3.89. The van der Waals surface area contributed by atoms with E-state index in [1.807, 2.05) is 13.0 Å². The van der Waals surface area contributed by atoms with Crippen LogP contribution >= 0.6 is 11.3 Å². The Kier molecular flexibility index (Phi) is 6.38. The highest BCUT2D eigenvalue weighted by atomic mass is 32.1. The molecule has 1 aromatic carbocycles. The van der Waals surface area contributed by atoms with E-state index in [4.69, 9.17) is 0 Å². The van der Waals surface area contributed by atoms with Gasteiger partial charge < -0.3 is 25.7 Å². The van der Waals surface area contributed by atoms with Gasteiger partial charge in [-0.25, -0.2) is 15.0 Å². The number of nitrogens with zero attached hydrogens (tertiary/aromatic N) is 3. The summed E-state index contributed by atoms with van der Waals surface area (Å²) in [7, 11) is 0. The molecule has 0 spiro atoms. The maximum Gasteiger partial charge on any atom is 0.433 e. The molecule has 0 radical (unpaired) electrons. The van der Waals surface area contributed by atoms with Gasteiger partial charge in [-0.15, -0.1) is 11.3 Å². The van der Waals surface area contributed by atoms with Gasteiger partial charge in [0.05, 0.1) is 4.88 Å². The number of rotatable bonds is 5. The summed E-state index contributed by atoms with van der Waals surface area (Å²) in [6.07, 6.45) is -3.60. The molecule has 1 aliphatic rings. The minimum atomic E-state index is -4.58. The molecule has 0 amide bonds. The third kappa shape index (κ3) is 5.05. The molecule has 0 saturated heterocycles. The summed E-state index contributed by atoms with van der Waals surface area (Å²) in [5.74, 6) is -0.188. The Balaban J connectivity index is 1.56. The van der Waals surface area contributed by atoms with Crippen LogP contribution in [0.2, 0.25) is 0 Å². The lowest BCUT2D eigenvalue weighted by molar-refractivity contribution is -0.213. The SMILES string of the molecule is Cc1cc(Nc2nccc(C(F)(F)F)n2)cc(-c2cnc(C3(O)CCC(O)(C(O)O)CC3)s2)c1. The molecule has 0 unspecified atom stereocenters. The fraction of sp³-hybridized carbons (Fsp3) is 0.409. The number of aryl methyl sites for hydroxylation is 1. The Bertz CT molecular complexity index is 1180. The van der Waals surface area contributed by atoms with Crippen LogP contribution in [0.5, 0.6) is 0 Å². The number of anilines is 2. The Morgan fingerprint density at radius 2 is 1.76 bits per heavy atom. The monoisotopic (exact) mass is 496 g/mol. The third-order valence-electron chi connectivity index (χ3n) is 5.89. The van der Waals surface area contributed by atoms with Crippen LogP contribution in [0.25, 0.3) is 10.4 Å². The molecule has 4 rings (SSSR count). The van der Waals surface area contributed by atoms with E-state index in [1.165, 1.54) is 11.3 Å². The first-order valence-corrected chi connectivity index (χ1v) is 11.3. The lowest BCUT2D eigenvalue weighted by Gasteiger charge is -2.40. The highest BCUT2D eigenvalue weighted by Crippen LogP contribution is 2.45. The average Bonchev–Trinajstić information content (AvgIpc) is 3.26. The van der Waals surface area contributed by atoms with Gasteiger partial charge in [0.25, 0.3) is 0 Å². The van der Waals surface area contributed by atoms with Gasteiger partial charge in [-0.3, -0.25) is 0 Å². The predicted molar refractivity (Wildman–Crippen MR) is 118 cm³/mol. The van der Waals surface area contributed by atoms with Crippen molar-refractivity contribution >= 4 is 23.0 Å². The number of benzene rings is 1. The highest BCUT2D eigenvalue weighted by molar-refractivity contribution is 7.15. The number of thiazole rings is 1. The molecular formula is C22H23F3N4O4S. The zero-order chi connectivity index (χ0) is 24.7. The van der Waals surface area contributed by atoms with Gasteiger partial charge in [-0.2, -0.15) is 13.2 Å². The van der Waals surface area contributed by atoms with Crippen molar-refractivity contribution < 1.29 is 33.6 Å². The second-order valence-corrected chi connectivity index (χ2v) is 9.55. The van der Waals surface area contributed by atoms with Crippen molar-refractivity contribution in [3.05, 3.63) is 52.9 Å². The maximum atomic E-state index is 12.9. The maximum absolute atomic E-state index is 12.9. The van der Waals surface area contributed by atoms with E-state index in [9.17, 15) is 33.6 Å². The van der Waals surface area contributed by atoms with Crippen molar-refractivity contribution in [3.8, 4) is 10.4 Å². The first-order chi connectivity index (χ1) is 15.9. The average molecular weight is 497 g/mol. The van der Waals surface area contributed by atoms with E-state index in [0.29, 0.717) is 10.7 Å². The van der Waals surface area contributed by atoms with E-state index in [0.717, 1.165) is 28.3 Å². The van der Waals surface area contributed by atoms with Crippen LogP contribution in [-0.4, -0.2) is 47.3 Å². The summed E-state index contributed by atoms with van der Waals surface area (Å²) in [4.78, 5) is 12.5. The van der Waals surface area contributed by atoms with Gasteiger partial charge in [0.15, 0.2) is 6.29 Å². The first-order valence-electron chi connectivity index (χ1n) is 10.4. The molecule has 34 heavy (non-hydrogen) atoms. The molecule has 3 aromatic rings. The van der Waals surface area contributed by atoms with E-state index >= 15 is 0 Å². The Morgan fingerprint density at radius 1 is 1.06 bits per heavy atom. The quantitative estimate of drug-likeness (QED) is 0.339. The lowest BCUT2D eigenvalue weighted by Crippen LogP contribution is -2.48. The van der Waals surface area contributed by atoms with Gasteiger partial charge in [0.2, 0.25) is 5.95 Å². The number of aliphatic hydroxyl groups is 4. The minimum Gasteiger partial charge on any atom is -0.385 e. The van der Waals surface area contributed by atoms with Gasteiger partial charge >= 0.3 is 6.18 Å². The molecule has 1 aliphatic carbocycles. The molecule has 0 aliphatic heterocycles. The summed E-state index contributed by atoms with van der Waals surface area (Å²) >= 11 is 1.25. The largest absolute Gasteiger partial charge is 0.433 e. The molecule has 2 heterocycles. The number of aromatic nitrogens is 3.